The highest BCUT2D eigenvalue weighted by Gasteiger charge is 2.61. The fourth-order valence-corrected chi connectivity index (χ4v) is 8.65. The highest BCUT2D eigenvalue weighted by atomic mass is 31.1. The Bertz CT molecular complexity index is 688. The van der Waals surface area contributed by atoms with E-state index in [0.717, 1.165) is 37.4 Å². The number of carbonyl (C=O) groups is 1. The predicted molar refractivity (Wildman–Crippen MR) is 105 cm³/mol. The highest BCUT2D eigenvalue weighted by Crippen LogP contribution is 2.68. The molecule has 0 amide bonds. The third kappa shape index (κ3) is 2.85. The molecule has 3 saturated carbocycles. The molecule has 4 nitrogen and oxygen atoms in total. The van der Waals surface area contributed by atoms with Crippen LogP contribution < -0.4 is 0 Å². The van der Waals surface area contributed by atoms with Crippen molar-refractivity contribution in [2.45, 2.75) is 72.1 Å². The zero-order valence-corrected chi connectivity index (χ0v) is 17.8. The third-order valence-corrected chi connectivity index (χ3v) is 10.4. The largest absolute Gasteiger partial charge is 0.541 e. The molecule has 4 aliphatic rings. The fraction of sp³-hybridized carbons (Fsp3) is 0.864. The zero-order valence-electron chi connectivity index (χ0n) is 16.9. The zero-order chi connectivity index (χ0) is 19.6. The van der Waals surface area contributed by atoms with Gasteiger partial charge in [0.05, 0.1) is 5.92 Å². The summed E-state index contributed by atoms with van der Waals surface area (Å²) in [4.78, 5) is 21.2. The summed E-state index contributed by atoms with van der Waals surface area (Å²) in [5.74, 6) is 1.90. The number of fused-ring (bicyclic) bond motifs is 5. The van der Waals surface area contributed by atoms with E-state index in [0.29, 0.717) is 29.6 Å². The summed E-state index contributed by atoms with van der Waals surface area (Å²) >= 11 is 0. The van der Waals surface area contributed by atoms with E-state index in [2.05, 4.69) is 19.9 Å². The topological polar surface area (TPSA) is 74.6 Å². The van der Waals surface area contributed by atoms with Crippen molar-refractivity contribution in [1.29, 1.82) is 0 Å². The van der Waals surface area contributed by atoms with Crippen molar-refractivity contribution in [3.8, 4) is 0 Å². The van der Waals surface area contributed by atoms with Crippen LogP contribution in [0.3, 0.4) is 0 Å². The molecule has 4 rings (SSSR count). The van der Waals surface area contributed by atoms with Crippen molar-refractivity contribution in [2.24, 2.45) is 46.3 Å². The second-order valence-electron chi connectivity index (χ2n) is 10.4. The van der Waals surface area contributed by atoms with E-state index in [1.165, 1.54) is 19.3 Å². The summed E-state index contributed by atoms with van der Waals surface area (Å²) in [6.07, 6.45) is 10.9. The van der Waals surface area contributed by atoms with Crippen LogP contribution in [0.1, 0.15) is 72.1 Å². The molecule has 0 bridgehead atoms. The second kappa shape index (κ2) is 6.66. The van der Waals surface area contributed by atoms with Gasteiger partial charge in [-0.1, -0.05) is 20.8 Å². The standard InChI is InChI=1S/C22H33O4P/c1-13(20(23)24)17-6-7-18-16-5-4-14-12-15(27(25)26)8-10-21(14,2)19(16)9-11-22(17,18)3/h12-14,16-19H,4-11H2,1-3H3,(H-,23,24,25,26)/p+1/t13-,14+,16+,17-,18+,19+,21+,22-/m1/s1. The van der Waals surface area contributed by atoms with Crippen LogP contribution in [0.15, 0.2) is 11.4 Å². The summed E-state index contributed by atoms with van der Waals surface area (Å²) in [6.45, 7) is 6.73. The molecule has 4 aliphatic carbocycles. The molecule has 0 aromatic carbocycles. The van der Waals surface area contributed by atoms with Crippen LogP contribution in [0.25, 0.3) is 0 Å². The Balaban J connectivity index is 1.60. The van der Waals surface area contributed by atoms with Gasteiger partial charge in [-0.15, -0.1) is 0 Å². The van der Waals surface area contributed by atoms with Crippen LogP contribution in [-0.2, 0) is 9.36 Å². The van der Waals surface area contributed by atoms with Gasteiger partial charge in [0.1, 0.15) is 0 Å². The van der Waals surface area contributed by atoms with E-state index in [1.54, 1.807) is 0 Å². The van der Waals surface area contributed by atoms with Crippen LogP contribution in [-0.4, -0.2) is 16.0 Å². The lowest BCUT2D eigenvalue weighted by atomic mass is 9.45. The smallest absolute Gasteiger partial charge is 0.481 e. The first kappa shape index (κ1) is 19.6. The lowest BCUT2D eigenvalue weighted by Gasteiger charge is -2.59. The Morgan fingerprint density at radius 2 is 1.81 bits per heavy atom. The molecule has 2 N–H and O–H groups in total. The Morgan fingerprint density at radius 3 is 2.48 bits per heavy atom. The fourth-order valence-electron chi connectivity index (χ4n) is 8.04. The van der Waals surface area contributed by atoms with E-state index in [4.69, 9.17) is 0 Å². The molecule has 0 heterocycles. The van der Waals surface area contributed by atoms with Gasteiger partial charge in [-0.2, -0.15) is 4.89 Å². The molecule has 150 valence electrons. The Labute approximate surface area is 163 Å². The lowest BCUT2D eigenvalue weighted by Crippen LogP contribution is -2.52. The van der Waals surface area contributed by atoms with Crippen molar-refractivity contribution in [3.05, 3.63) is 11.4 Å². The summed E-state index contributed by atoms with van der Waals surface area (Å²) < 4.78 is 11.6. The summed E-state index contributed by atoms with van der Waals surface area (Å²) in [5.41, 5.74) is 0.419. The number of hydrogen-bond acceptors (Lipinski definition) is 2. The number of hydrogen-bond donors (Lipinski definition) is 2. The Morgan fingerprint density at radius 1 is 1.11 bits per heavy atom. The van der Waals surface area contributed by atoms with E-state index < -0.39 is 14.0 Å². The van der Waals surface area contributed by atoms with Gasteiger partial charge in [0.15, 0.2) is 5.31 Å². The Kier molecular flexibility index (Phi) is 4.83. The van der Waals surface area contributed by atoms with Gasteiger partial charge in [0, 0.05) is 6.42 Å². The Hall–Kier alpha value is -0.730. The van der Waals surface area contributed by atoms with Crippen LogP contribution in [0.4, 0.5) is 0 Å². The van der Waals surface area contributed by atoms with Crippen molar-refractivity contribution < 1.29 is 19.4 Å². The SMILES string of the molecule is C[C@@H](C(=O)O)[C@H]1CC[C@H]2[C@@H]3CC[C@H]4C=C([P+](=O)O)CC[C@]4(C)[C@H]3CC[C@]12C. The van der Waals surface area contributed by atoms with Gasteiger partial charge in [-0.3, -0.25) is 4.79 Å². The molecule has 9 atom stereocenters. The molecule has 1 unspecified atom stereocenters. The molecule has 0 aromatic rings. The van der Waals surface area contributed by atoms with Crippen LogP contribution in [0, 0.1) is 46.3 Å². The van der Waals surface area contributed by atoms with Crippen molar-refractivity contribution in [2.75, 3.05) is 0 Å². The van der Waals surface area contributed by atoms with Gasteiger partial charge >= 0.3 is 14.0 Å². The molecule has 5 heteroatoms. The van der Waals surface area contributed by atoms with Crippen molar-refractivity contribution >= 4 is 14.0 Å². The van der Waals surface area contributed by atoms with Crippen molar-refractivity contribution in [3.63, 3.8) is 0 Å². The van der Waals surface area contributed by atoms with Crippen LogP contribution in [0.2, 0.25) is 0 Å². The minimum Gasteiger partial charge on any atom is -0.481 e. The maximum absolute atomic E-state index is 11.7. The first-order chi connectivity index (χ1) is 12.7. The average Bonchev–Trinajstić information content (AvgIpc) is 2.97. The van der Waals surface area contributed by atoms with Gasteiger partial charge in [0.2, 0.25) is 0 Å². The maximum atomic E-state index is 11.7. The summed E-state index contributed by atoms with van der Waals surface area (Å²) in [5, 5.41) is 10.4. The molecule has 0 aromatic heterocycles. The van der Waals surface area contributed by atoms with E-state index >= 15 is 0 Å². The van der Waals surface area contributed by atoms with Gasteiger partial charge in [0.25, 0.3) is 0 Å². The normalized spacial score (nSPS) is 47.9. The van der Waals surface area contributed by atoms with E-state index in [9.17, 15) is 19.4 Å². The number of aliphatic carboxylic acids is 1. The quantitative estimate of drug-likeness (QED) is 0.613. The molecular formula is C22H34O4P+. The highest BCUT2D eigenvalue weighted by molar-refractivity contribution is 7.43. The monoisotopic (exact) mass is 393 g/mol. The minimum absolute atomic E-state index is 0.173. The molecule has 27 heavy (non-hydrogen) atoms. The first-order valence-corrected chi connectivity index (χ1v) is 12.0. The van der Waals surface area contributed by atoms with Crippen molar-refractivity contribution in [1.82, 2.24) is 0 Å². The maximum Gasteiger partial charge on any atom is 0.541 e. The molecule has 0 aliphatic heterocycles. The predicted octanol–water partition coefficient (Wildman–Crippen LogP) is 5.59. The third-order valence-electron chi connectivity index (χ3n) is 9.57. The van der Waals surface area contributed by atoms with E-state index in [-0.39, 0.29) is 16.7 Å². The second-order valence-corrected chi connectivity index (χ2v) is 11.5. The lowest BCUT2D eigenvalue weighted by molar-refractivity contribution is -0.147. The summed E-state index contributed by atoms with van der Waals surface area (Å²) in [7, 11) is -2.17. The molecule has 3 fully saturated rings. The summed E-state index contributed by atoms with van der Waals surface area (Å²) in [6, 6.07) is 0. The van der Waals surface area contributed by atoms with E-state index in [1.807, 2.05) is 6.92 Å². The molecule has 0 radical (unpaired) electrons. The van der Waals surface area contributed by atoms with Gasteiger partial charge in [-0.25, -0.2) is 0 Å². The molecule has 0 spiro atoms. The first-order valence-electron chi connectivity index (χ1n) is 10.8. The number of rotatable bonds is 3. The number of carboxylic acid groups (broad SMARTS) is 1. The van der Waals surface area contributed by atoms with Gasteiger partial charge < -0.3 is 5.11 Å². The minimum atomic E-state index is -2.17. The number of allylic oxidation sites excluding steroid dienone is 2. The van der Waals surface area contributed by atoms with Crippen LogP contribution >= 0.6 is 8.03 Å². The number of carboxylic acids is 1. The average molecular weight is 393 g/mol. The van der Waals surface area contributed by atoms with Gasteiger partial charge in [-0.05, 0) is 96.0 Å². The molecule has 0 saturated heterocycles. The van der Waals surface area contributed by atoms with Crippen LogP contribution in [0.5, 0.6) is 0 Å². The molecular weight excluding hydrogens is 359 g/mol.